The second-order valence-electron chi connectivity index (χ2n) is 5.38. The molecule has 4 bridgehead atoms. The van der Waals surface area contributed by atoms with Crippen molar-refractivity contribution in [3.05, 3.63) is 0 Å². The van der Waals surface area contributed by atoms with E-state index in [0.29, 0.717) is 18.4 Å². The number of fused-ring (bicyclic) bond motifs is 6. The van der Waals surface area contributed by atoms with Crippen molar-refractivity contribution in [2.45, 2.75) is 37.4 Å². The average Bonchev–Trinajstić information content (AvgIpc) is 2.55. The van der Waals surface area contributed by atoms with Gasteiger partial charge in [-0.1, -0.05) is 0 Å². The zero-order valence-electron chi connectivity index (χ0n) is 8.39. The third kappa shape index (κ3) is 0.841. The van der Waals surface area contributed by atoms with Gasteiger partial charge in [0.2, 0.25) is 0 Å². The molecule has 0 amide bonds. The lowest BCUT2D eigenvalue weighted by Gasteiger charge is -2.45. The minimum atomic E-state index is -0.648. The zero-order chi connectivity index (χ0) is 9.92. The summed E-state index contributed by atoms with van der Waals surface area (Å²) < 4.78 is 0. The van der Waals surface area contributed by atoms with E-state index in [0.717, 1.165) is 25.7 Å². The van der Waals surface area contributed by atoms with Gasteiger partial charge in [0.1, 0.15) is 0 Å². The summed E-state index contributed by atoms with van der Waals surface area (Å²) in [4.78, 5) is 0. The second kappa shape index (κ2) is 2.71. The molecule has 0 heterocycles. The molecular weight excluding hydrogens is 178 g/mol. The molecule has 0 radical (unpaired) electrons. The van der Waals surface area contributed by atoms with E-state index in [-0.39, 0.29) is 17.9 Å². The van der Waals surface area contributed by atoms with E-state index in [4.69, 9.17) is 5.73 Å². The summed E-state index contributed by atoms with van der Waals surface area (Å²) in [5.41, 5.74) is 5.08. The number of rotatable bonds is 1. The highest BCUT2D eigenvalue weighted by molar-refractivity contribution is 5.13. The van der Waals surface area contributed by atoms with Crippen molar-refractivity contribution >= 4 is 0 Å². The summed E-state index contributed by atoms with van der Waals surface area (Å²) >= 11 is 0. The SMILES string of the molecule is NCC1(O)[C@@H]2CC[C@H]1[C@@H]1CC[C@H]2C1O. The van der Waals surface area contributed by atoms with Crippen LogP contribution in [0.3, 0.4) is 0 Å². The Balaban J connectivity index is 2.02. The molecule has 3 saturated carbocycles. The Morgan fingerprint density at radius 1 is 1.07 bits per heavy atom. The van der Waals surface area contributed by atoms with Crippen LogP contribution >= 0.6 is 0 Å². The summed E-state index contributed by atoms with van der Waals surface area (Å²) in [7, 11) is 0. The van der Waals surface area contributed by atoms with Gasteiger partial charge in [0.05, 0.1) is 11.7 Å². The van der Waals surface area contributed by atoms with Crippen molar-refractivity contribution in [2.75, 3.05) is 6.54 Å². The highest BCUT2D eigenvalue weighted by Gasteiger charge is 2.63. The molecule has 3 rings (SSSR count). The van der Waals surface area contributed by atoms with Gasteiger partial charge in [-0.15, -0.1) is 0 Å². The van der Waals surface area contributed by atoms with Crippen molar-refractivity contribution in [1.82, 2.24) is 0 Å². The van der Waals surface area contributed by atoms with E-state index in [2.05, 4.69) is 0 Å². The summed E-state index contributed by atoms with van der Waals surface area (Å²) in [6, 6.07) is 0. The summed E-state index contributed by atoms with van der Waals surface area (Å²) in [5.74, 6) is 1.19. The first-order valence-electron chi connectivity index (χ1n) is 5.79. The van der Waals surface area contributed by atoms with Crippen LogP contribution in [0.1, 0.15) is 25.7 Å². The maximum Gasteiger partial charge on any atom is 0.0832 e. The van der Waals surface area contributed by atoms with Crippen molar-refractivity contribution in [2.24, 2.45) is 29.4 Å². The smallest absolute Gasteiger partial charge is 0.0832 e. The third-order valence-electron chi connectivity index (χ3n) is 5.14. The van der Waals surface area contributed by atoms with Gasteiger partial charge in [0.25, 0.3) is 0 Å². The molecule has 6 atom stereocenters. The van der Waals surface area contributed by atoms with E-state index in [1.165, 1.54) is 0 Å². The van der Waals surface area contributed by atoms with E-state index >= 15 is 0 Å². The molecule has 3 aliphatic carbocycles. The maximum absolute atomic E-state index is 10.5. The lowest BCUT2D eigenvalue weighted by molar-refractivity contribution is -0.125. The average molecular weight is 197 g/mol. The normalized spacial score (nSPS) is 60.6. The lowest BCUT2D eigenvalue weighted by atomic mass is 9.67. The number of aliphatic hydroxyl groups excluding tert-OH is 1. The van der Waals surface area contributed by atoms with Crippen LogP contribution in [0, 0.1) is 23.7 Å². The first-order chi connectivity index (χ1) is 6.68. The Morgan fingerprint density at radius 2 is 1.57 bits per heavy atom. The number of nitrogens with two attached hydrogens (primary N) is 1. The molecule has 14 heavy (non-hydrogen) atoms. The third-order valence-corrected chi connectivity index (χ3v) is 5.14. The fourth-order valence-corrected chi connectivity index (χ4v) is 4.53. The van der Waals surface area contributed by atoms with Gasteiger partial charge in [-0.25, -0.2) is 0 Å². The van der Waals surface area contributed by atoms with E-state index in [1.807, 2.05) is 0 Å². The molecule has 2 unspecified atom stereocenters. The molecule has 80 valence electrons. The van der Waals surface area contributed by atoms with E-state index in [9.17, 15) is 10.2 Å². The van der Waals surface area contributed by atoms with Gasteiger partial charge < -0.3 is 15.9 Å². The van der Waals surface area contributed by atoms with Crippen LogP contribution in [0.2, 0.25) is 0 Å². The molecule has 4 N–H and O–H groups in total. The van der Waals surface area contributed by atoms with Gasteiger partial charge >= 0.3 is 0 Å². The van der Waals surface area contributed by atoms with E-state index in [1.54, 1.807) is 0 Å². The van der Waals surface area contributed by atoms with Gasteiger partial charge in [-0.2, -0.15) is 0 Å². The van der Waals surface area contributed by atoms with Crippen molar-refractivity contribution in [3.8, 4) is 0 Å². The largest absolute Gasteiger partial charge is 0.393 e. The predicted molar refractivity (Wildman–Crippen MR) is 52.4 cm³/mol. The Morgan fingerprint density at radius 3 is 2.00 bits per heavy atom. The molecule has 0 aromatic heterocycles. The monoisotopic (exact) mass is 197 g/mol. The minimum Gasteiger partial charge on any atom is -0.393 e. The molecule has 3 heteroatoms. The van der Waals surface area contributed by atoms with Crippen molar-refractivity contribution in [3.63, 3.8) is 0 Å². The van der Waals surface area contributed by atoms with Gasteiger partial charge in [0, 0.05) is 6.54 Å². The zero-order valence-corrected chi connectivity index (χ0v) is 8.39. The van der Waals surface area contributed by atoms with Crippen LogP contribution in [-0.4, -0.2) is 28.5 Å². The van der Waals surface area contributed by atoms with Crippen LogP contribution in [0.15, 0.2) is 0 Å². The molecule has 3 nitrogen and oxygen atoms in total. The topological polar surface area (TPSA) is 66.5 Å². The van der Waals surface area contributed by atoms with Crippen molar-refractivity contribution in [1.29, 1.82) is 0 Å². The predicted octanol–water partition coefficient (Wildman–Crippen LogP) is 0.103. The lowest BCUT2D eigenvalue weighted by Crippen LogP contribution is -2.56. The molecule has 0 aromatic carbocycles. The quantitative estimate of drug-likeness (QED) is 0.558. The van der Waals surface area contributed by atoms with Crippen LogP contribution in [0.5, 0.6) is 0 Å². The molecule has 3 aliphatic rings. The Hall–Kier alpha value is -0.120. The van der Waals surface area contributed by atoms with E-state index < -0.39 is 5.60 Å². The number of hydrogen-bond donors (Lipinski definition) is 3. The summed E-state index contributed by atoms with van der Waals surface area (Å²) in [5, 5.41) is 20.6. The second-order valence-corrected chi connectivity index (χ2v) is 5.38. The van der Waals surface area contributed by atoms with Crippen molar-refractivity contribution < 1.29 is 10.2 Å². The number of hydrogen-bond acceptors (Lipinski definition) is 3. The molecule has 0 aliphatic heterocycles. The first-order valence-corrected chi connectivity index (χ1v) is 5.79. The molecule has 0 aromatic rings. The molecule has 0 spiro atoms. The fraction of sp³-hybridized carbons (Fsp3) is 1.00. The highest BCUT2D eigenvalue weighted by atomic mass is 16.3. The van der Waals surface area contributed by atoms with Crippen LogP contribution in [0.4, 0.5) is 0 Å². The summed E-state index contributed by atoms with van der Waals surface area (Å²) in [6.07, 6.45) is 4.16. The molecular formula is C11H19NO2. The highest BCUT2D eigenvalue weighted by Crippen LogP contribution is 2.60. The van der Waals surface area contributed by atoms with Gasteiger partial charge in [-0.05, 0) is 49.4 Å². The fourth-order valence-electron chi connectivity index (χ4n) is 4.53. The van der Waals surface area contributed by atoms with Gasteiger partial charge in [-0.3, -0.25) is 0 Å². The molecule has 3 fully saturated rings. The first kappa shape index (κ1) is 9.13. The van der Waals surface area contributed by atoms with Crippen LogP contribution in [0.25, 0.3) is 0 Å². The standard InChI is InChI=1S/C11H19NO2/c12-5-11(14)8-3-4-9(11)7-2-1-6(8)10(7)13/h6-10,13-14H,1-5,12H2/t6-,7+,8-,9+,10?,11?. The van der Waals surface area contributed by atoms with Gasteiger partial charge in [0.15, 0.2) is 0 Å². The Bertz CT molecular complexity index is 236. The summed E-state index contributed by atoms with van der Waals surface area (Å²) in [6.45, 7) is 0.377. The molecule has 0 saturated heterocycles. The minimum absolute atomic E-state index is 0.153. The number of aliphatic hydroxyl groups is 2. The Kier molecular flexibility index (Phi) is 1.77. The van der Waals surface area contributed by atoms with Crippen LogP contribution in [-0.2, 0) is 0 Å². The van der Waals surface area contributed by atoms with Crippen LogP contribution < -0.4 is 5.73 Å². The Labute approximate surface area is 84.3 Å². The maximum atomic E-state index is 10.5.